The number of halogens is 2. The molecule has 14 atom stereocenters. The van der Waals surface area contributed by atoms with E-state index in [1.54, 1.807) is 6.92 Å². The van der Waals surface area contributed by atoms with Crippen LogP contribution in [0.15, 0.2) is 103 Å². The van der Waals surface area contributed by atoms with Crippen molar-refractivity contribution in [2.45, 2.75) is 185 Å². The van der Waals surface area contributed by atoms with Crippen molar-refractivity contribution >= 4 is 91.6 Å². The predicted octanol–water partition coefficient (Wildman–Crippen LogP) is 8.90. The maximum absolute atomic E-state index is 16.6. The molecule has 15 bridgehead atoms. The summed E-state index contributed by atoms with van der Waals surface area (Å²) in [4.78, 5) is 138. The molecule has 0 radical (unpaired) electrons. The minimum atomic E-state index is -3.27. The summed E-state index contributed by atoms with van der Waals surface area (Å²) in [5, 5.41) is 110. The third-order valence-electron chi connectivity index (χ3n) is 23.5. The van der Waals surface area contributed by atoms with E-state index in [0.717, 1.165) is 74.8 Å². The van der Waals surface area contributed by atoms with Gasteiger partial charge < -0.3 is 96.9 Å². The number of sulfone groups is 1. The highest BCUT2D eigenvalue weighted by Crippen LogP contribution is 2.58. The molecular weight excluding hydrogens is 1620 g/mol. The van der Waals surface area contributed by atoms with Gasteiger partial charge in [0.1, 0.15) is 105 Å². The van der Waals surface area contributed by atoms with Crippen LogP contribution < -0.4 is 56.6 Å². The lowest BCUT2D eigenvalue weighted by atomic mass is 9.51. The lowest BCUT2D eigenvalue weighted by molar-refractivity contribution is -0.270. The standard InChI is InChI=1S/C84H95Cl2N7O24S.C2H6/c1-5-40(19-37(2)3)79(106)92-71-59(97)28-47(31-67(100)89-84(110)88-48-10-12-50(13-11-48)113-17-6-18-118(4,111)112)80(107)90-69-46-29-64(114-62-15-8-42(73(71)101)26-55(62)85)78(117-83-77(105)76(104)75(103)66(36-87)116-83)65(30-46)115-63-16-9-43(27-56(63)86)74(102)72-82(109)91-70(61(99)34-51-44-21-38-20-39(23-44)24-45(51)22-38)54-32-49(94)33-58(96)68(54)53-25-41(7-14-57(53)95)52(35-60(69)98)81(108)93-72;1-2/h7-16,25-27,29-30,32-33,37-40,44-45,47,51-52,66,69-77,83,94-96,101-105H,5-6,17-24,28,31,34-36,87H2,1-4H3,(H,90,107)(H,91,109)(H,92,106)(H,93,108)(H2,88,89,100,110);1-2H3/t38?,39?,40-,44?,45?,47+,51?,52-,66-,69-,70+,71+,72+,73-,74-,75-,76+,77-,83+;/m1./s1. The van der Waals surface area contributed by atoms with Crippen LogP contribution in [-0.4, -0.2) is 170 Å². The summed E-state index contributed by atoms with van der Waals surface area (Å²) >= 11 is 14.3. The number of imide groups is 1. The Bertz CT molecular complexity index is 4990. The zero-order chi connectivity index (χ0) is 86.6. The van der Waals surface area contributed by atoms with E-state index in [2.05, 4.69) is 31.9 Å². The molecule has 6 aliphatic heterocycles. The van der Waals surface area contributed by atoms with Crippen LogP contribution in [0.25, 0.3) is 11.1 Å². The number of nitrogens with two attached hydrogens (primary N) is 1. The molecule has 16 N–H and O–H groups in total. The number of carbonyl (C=O) groups is 9. The number of benzene rings is 6. The maximum Gasteiger partial charge on any atom is 0.325 e. The fraction of sp³-hybridized carbons (Fsp3) is 0.477. The number of hydrogen-bond acceptors (Lipinski definition) is 25. The molecule has 31 nitrogen and oxygen atoms in total. The summed E-state index contributed by atoms with van der Waals surface area (Å²) in [6.07, 6.45) is -10.3. The zero-order valence-electron chi connectivity index (χ0n) is 66.8. The van der Waals surface area contributed by atoms with Crippen LogP contribution in [0.5, 0.6) is 51.7 Å². The van der Waals surface area contributed by atoms with E-state index in [-0.39, 0.29) is 121 Å². The van der Waals surface area contributed by atoms with Crippen molar-refractivity contribution in [1.82, 2.24) is 26.6 Å². The van der Waals surface area contributed by atoms with Crippen LogP contribution in [-0.2, 0) is 52.9 Å². The second-order valence-corrected chi connectivity index (χ2v) is 35.5. The number of ether oxygens (including phenoxy) is 5. The Morgan fingerprint density at radius 1 is 0.667 bits per heavy atom. The molecule has 5 fully saturated rings. The van der Waals surface area contributed by atoms with E-state index < -0.39 is 208 Å². The average Bonchev–Trinajstić information content (AvgIpc) is 0.755. The van der Waals surface area contributed by atoms with Crippen molar-refractivity contribution < 1.29 is 116 Å². The highest BCUT2D eigenvalue weighted by Gasteiger charge is 2.51. The Labute approximate surface area is 702 Å². The van der Waals surface area contributed by atoms with Gasteiger partial charge in [-0.05, 0) is 194 Å². The molecule has 0 aromatic heterocycles. The Hall–Kier alpha value is -10.0. The molecule has 4 aliphatic carbocycles. The maximum atomic E-state index is 16.6. The zero-order valence-corrected chi connectivity index (χ0v) is 69.1. The number of amides is 7. The third kappa shape index (κ3) is 20.3. The van der Waals surface area contributed by atoms with Gasteiger partial charge >= 0.3 is 6.03 Å². The first-order valence-electron chi connectivity index (χ1n) is 40.3. The van der Waals surface area contributed by atoms with Gasteiger partial charge in [-0.3, -0.25) is 43.7 Å². The monoisotopic (exact) mass is 1720 g/mol. The third-order valence-corrected chi connectivity index (χ3v) is 25.1. The highest BCUT2D eigenvalue weighted by atomic mass is 35.5. The lowest BCUT2D eigenvalue weighted by Crippen LogP contribution is -2.60. The first-order chi connectivity index (χ1) is 57.1. The first kappa shape index (κ1) is 89.3. The van der Waals surface area contributed by atoms with Crippen LogP contribution in [0.1, 0.15) is 170 Å². The number of Topliss-reactive ketones (excluding diaryl/α,β-unsaturated/α-hetero) is 3. The number of anilines is 1. The van der Waals surface area contributed by atoms with Crippen LogP contribution in [0.2, 0.25) is 10.0 Å². The van der Waals surface area contributed by atoms with Gasteiger partial charge in [0.25, 0.3) is 0 Å². The number of aliphatic hydroxyl groups excluding tert-OH is 5. The van der Waals surface area contributed by atoms with E-state index in [9.17, 15) is 63.7 Å². The van der Waals surface area contributed by atoms with Gasteiger partial charge in [0, 0.05) is 67.3 Å². The molecule has 0 spiro atoms. The Kier molecular flexibility index (Phi) is 28.2. The summed E-state index contributed by atoms with van der Waals surface area (Å²) in [6.45, 7) is 9.05. The molecule has 6 aromatic carbocycles. The molecular formula is C86H101Cl2N7O24S. The summed E-state index contributed by atoms with van der Waals surface area (Å²) < 4.78 is 54.8. The van der Waals surface area contributed by atoms with Gasteiger partial charge in [-0.1, -0.05) is 76.0 Å². The van der Waals surface area contributed by atoms with Crippen LogP contribution in [0.4, 0.5) is 10.5 Å². The minimum Gasteiger partial charge on any atom is -0.508 e. The van der Waals surface area contributed by atoms with E-state index in [0.29, 0.717) is 24.0 Å². The normalized spacial score (nSPS) is 27.3. The Morgan fingerprint density at radius 3 is 1.89 bits per heavy atom. The second-order valence-electron chi connectivity index (χ2n) is 32.4. The molecule has 6 aromatic rings. The van der Waals surface area contributed by atoms with E-state index in [4.69, 9.17) is 52.6 Å². The number of nitrogens with one attached hydrogen (secondary N) is 6. The molecule has 34 heteroatoms. The Balaban J connectivity index is 0.00000655. The summed E-state index contributed by atoms with van der Waals surface area (Å²) in [5.74, 6) is -16.1. The number of phenols is 3. The van der Waals surface area contributed by atoms with Crippen LogP contribution in [0, 0.1) is 47.3 Å². The molecule has 7 amide bonds. The van der Waals surface area contributed by atoms with Crippen molar-refractivity contribution in [2.75, 3.05) is 30.5 Å². The summed E-state index contributed by atoms with van der Waals surface area (Å²) in [7, 11) is -3.27. The topological polar surface area (TPSA) is 494 Å². The first-order valence-corrected chi connectivity index (χ1v) is 43.2. The van der Waals surface area contributed by atoms with Gasteiger partial charge in [-0.2, -0.15) is 0 Å². The lowest BCUT2D eigenvalue weighted by Gasteiger charge is -2.54. The van der Waals surface area contributed by atoms with Crippen molar-refractivity contribution in [3.05, 3.63) is 141 Å². The van der Waals surface area contributed by atoms with Gasteiger partial charge in [0.15, 0.2) is 28.8 Å². The van der Waals surface area contributed by atoms with Crippen LogP contribution in [0.3, 0.4) is 0 Å². The van der Waals surface area contributed by atoms with Crippen molar-refractivity contribution in [3.63, 3.8) is 0 Å². The van der Waals surface area contributed by atoms with Gasteiger partial charge in [0.2, 0.25) is 41.6 Å². The number of fused-ring (bicyclic) bond motifs is 15. The van der Waals surface area contributed by atoms with Crippen molar-refractivity contribution in [3.8, 4) is 62.9 Å². The highest BCUT2D eigenvalue weighted by molar-refractivity contribution is 7.90. The Morgan fingerprint density at radius 2 is 1.29 bits per heavy atom. The van der Waals surface area contributed by atoms with E-state index >= 15 is 28.8 Å². The number of phenolic OH excluding ortho intramolecular Hbond substituents is 3. The minimum absolute atomic E-state index is 0.0367. The number of urea groups is 1. The van der Waals surface area contributed by atoms with Gasteiger partial charge in [-0.25, -0.2) is 13.2 Å². The van der Waals surface area contributed by atoms with Gasteiger partial charge in [-0.15, -0.1) is 0 Å². The molecule has 16 rings (SSSR count). The van der Waals surface area contributed by atoms with Gasteiger partial charge in [0.05, 0.1) is 34.2 Å². The number of ketones is 3. The molecule has 1 saturated heterocycles. The summed E-state index contributed by atoms with van der Waals surface area (Å²) in [6, 6.07) is 11.5. The fourth-order valence-corrected chi connectivity index (χ4v) is 18.9. The predicted molar refractivity (Wildman–Crippen MR) is 437 cm³/mol. The molecule has 120 heavy (non-hydrogen) atoms. The van der Waals surface area contributed by atoms with E-state index in [1.807, 2.05) is 27.7 Å². The number of hydrogen-bond donors (Lipinski definition) is 15. The fourth-order valence-electron chi connectivity index (χ4n) is 17.8. The number of aromatic hydroxyl groups is 3. The quantitative estimate of drug-likeness (QED) is 0.0336. The average molecular weight is 1720 g/mol. The number of aliphatic hydroxyl groups is 5. The van der Waals surface area contributed by atoms with Crippen LogP contribution >= 0.6 is 23.2 Å². The molecule has 4 saturated carbocycles. The smallest absolute Gasteiger partial charge is 0.325 e. The second kappa shape index (κ2) is 38.0. The molecule has 0 unspecified atom stereocenters. The van der Waals surface area contributed by atoms with Crippen molar-refractivity contribution in [2.24, 2.45) is 53.1 Å². The number of carbonyl (C=O) groups excluding carboxylic acids is 9. The largest absolute Gasteiger partial charge is 0.508 e. The molecule has 6 heterocycles. The molecule has 10 aliphatic rings. The van der Waals surface area contributed by atoms with E-state index in [1.165, 1.54) is 66.7 Å². The number of rotatable bonds is 19. The molecule has 644 valence electrons. The summed E-state index contributed by atoms with van der Waals surface area (Å²) in [5.41, 5.74) is 4.46. The SMILES string of the molecule is CC.CC[C@H](CC(C)C)C(=O)N[C@H]1C(=O)C[C@@H](CC(=O)NC(=O)Nc2ccc(OCCCS(C)(=O)=O)cc2)C(=O)N[C@H]2C(=O)C[C@H]3C(=O)N[C@H](C(=O)N[C@H](C(=O)CC4C5CC6CC(C5)CC4C6)c4cc(O)cc(O)c4-c4cc3ccc4O)[C@H](O)c3ccc(c(Cl)c3)Oc3cc2cc(c3O[C@@H]2O[C@H](CN)[C@@H](O)[C@H](O)[C@H]2O)Oc2ccc(cc2Cl)[C@H]1O. The van der Waals surface area contributed by atoms with Crippen molar-refractivity contribution in [1.29, 1.82) is 0 Å².